The Labute approximate surface area is 136 Å². The van der Waals surface area contributed by atoms with Crippen molar-refractivity contribution in [2.45, 2.75) is 0 Å². The first-order chi connectivity index (χ1) is 10.7. The van der Waals surface area contributed by atoms with Crippen LogP contribution in [0.15, 0.2) is 71.2 Å². The first-order valence-corrected chi connectivity index (χ1v) is 7.64. The summed E-state index contributed by atoms with van der Waals surface area (Å²) < 4.78 is 0.801. The van der Waals surface area contributed by atoms with E-state index in [4.69, 9.17) is 0 Å². The number of benzene rings is 3. The van der Waals surface area contributed by atoms with Crippen molar-refractivity contribution in [3.8, 4) is 0 Å². The molecule has 0 saturated carbocycles. The van der Waals surface area contributed by atoms with Crippen LogP contribution in [0.5, 0.6) is 0 Å². The number of aliphatic carboxylic acids is 1. The van der Waals surface area contributed by atoms with E-state index in [0.29, 0.717) is 5.56 Å². The van der Waals surface area contributed by atoms with Crippen molar-refractivity contribution in [1.82, 2.24) is 0 Å². The van der Waals surface area contributed by atoms with Crippen molar-refractivity contribution in [3.63, 3.8) is 0 Å². The van der Waals surface area contributed by atoms with Gasteiger partial charge in [0, 0.05) is 10.0 Å². The number of rotatable bonds is 3. The standard InChI is InChI=1S/C19H13BrO2/c20-18-15-9-5-4-8-14(15)10-11-16(18)17(19(21)22)12-13-6-2-1-3-7-13/h1-12H,(H,21,22). The van der Waals surface area contributed by atoms with Crippen molar-refractivity contribution in [1.29, 1.82) is 0 Å². The maximum atomic E-state index is 11.7. The molecule has 0 bridgehead atoms. The Balaban J connectivity index is 2.20. The number of carboxylic acid groups (broad SMARTS) is 1. The van der Waals surface area contributed by atoms with Gasteiger partial charge in [-0.05, 0) is 38.3 Å². The number of carbonyl (C=O) groups is 1. The molecule has 3 aromatic carbocycles. The van der Waals surface area contributed by atoms with Gasteiger partial charge in [-0.15, -0.1) is 0 Å². The quantitative estimate of drug-likeness (QED) is 0.517. The van der Waals surface area contributed by atoms with Crippen LogP contribution >= 0.6 is 15.9 Å². The van der Waals surface area contributed by atoms with Gasteiger partial charge in [0.25, 0.3) is 0 Å². The minimum absolute atomic E-state index is 0.267. The smallest absolute Gasteiger partial charge is 0.336 e. The first-order valence-electron chi connectivity index (χ1n) is 6.84. The second-order valence-electron chi connectivity index (χ2n) is 4.92. The van der Waals surface area contributed by atoms with Crippen LogP contribution in [0.25, 0.3) is 22.4 Å². The lowest BCUT2D eigenvalue weighted by atomic mass is 9.99. The van der Waals surface area contributed by atoms with Crippen LogP contribution < -0.4 is 0 Å². The molecular weight excluding hydrogens is 340 g/mol. The lowest BCUT2D eigenvalue weighted by Crippen LogP contribution is -2.00. The molecule has 0 saturated heterocycles. The van der Waals surface area contributed by atoms with Gasteiger partial charge in [-0.3, -0.25) is 0 Å². The van der Waals surface area contributed by atoms with E-state index in [1.807, 2.05) is 66.7 Å². The third-order valence-corrected chi connectivity index (χ3v) is 4.35. The fourth-order valence-corrected chi connectivity index (χ4v) is 3.12. The third-order valence-electron chi connectivity index (χ3n) is 3.49. The average molecular weight is 353 g/mol. The molecule has 0 aliphatic rings. The van der Waals surface area contributed by atoms with Crippen LogP contribution in [-0.2, 0) is 4.79 Å². The predicted molar refractivity (Wildman–Crippen MR) is 93.6 cm³/mol. The maximum Gasteiger partial charge on any atom is 0.336 e. The Morgan fingerprint density at radius 2 is 1.59 bits per heavy atom. The van der Waals surface area contributed by atoms with E-state index in [2.05, 4.69) is 15.9 Å². The van der Waals surface area contributed by atoms with E-state index < -0.39 is 5.97 Å². The van der Waals surface area contributed by atoms with E-state index in [-0.39, 0.29) is 5.57 Å². The van der Waals surface area contributed by atoms with Gasteiger partial charge in [-0.1, -0.05) is 66.7 Å². The van der Waals surface area contributed by atoms with Gasteiger partial charge in [-0.2, -0.15) is 0 Å². The summed E-state index contributed by atoms with van der Waals surface area (Å²) in [6, 6.07) is 21.1. The monoisotopic (exact) mass is 352 g/mol. The van der Waals surface area contributed by atoms with Gasteiger partial charge in [-0.25, -0.2) is 4.79 Å². The third kappa shape index (κ3) is 2.81. The SMILES string of the molecule is O=C(O)C(=Cc1ccccc1)c1ccc2ccccc2c1Br. The summed E-state index contributed by atoms with van der Waals surface area (Å²) in [4.78, 5) is 11.7. The van der Waals surface area contributed by atoms with Crippen LogP contribution in [0.2, 0.25) is 0 Å². The number of hydrogen-bond donors (Lipinski definition) is 1. The molecule has 3 rings (SSSR count). The van der Waals surface area contributed by atoms with Crippen LogP contribution in [0.3, 0.4) is 0 Å². The molecular formula is C19H13BrO2. The summed E-state index contributed by atoms with van der Waals surface area (Å²) in [5.41, 5.74) is 1.80. The normalized spacial score (nSPS) is 11.6. The van der Waals surface area contributed by atoms with Gasteiger partial charge in [0.05, 0.1) is 5.57 Å². The molecule has 0 spiro atoms. The summed E-state index contributed by atoms with van der Waals surface area (Å²) >= 11 is 3.56. The summed E-state index contributed by atoms with van der Waals surface area (Å²) in [5, 5.41) is 11.7. The molecule has 0 fully saturated rings. The minimum Gasteiger partial charge on any atom is -0.478 e. The van der Waals surface area contributed by atoms with Crippen molar-refractivity contribution in [3.05, 3.63) is 82.3 Å². The Morgan fingerprint density at radius 1 is 0.909 bits per heavy atom. The maximum absolute atomic E-state index is 11.7. The highest BCUT2D eigenvalue weighted by atomic mass is 79.9. The molecule has 0 unspecified atom stereocenters. The zero-order chi connectivity index (χ0) is 15.5. The van der Waals surface area contributed by atoms with Crippen LogP contribution in [-0.4, -0.2) is 11.1 Å². The molecule has 108 valence electrons. The van der Waals surface area contributed by atoms with Crippen LogP contribution in [0.4, 0.5) is 0 Å². The van der Waals surface area contributed by atoms with Crippen molar-refractivity contribution in [2.75, 3.05) is 0 Å². The summed E-state index contributed by atoms with van der Waals surface area (Å²) in [7, 11) is 0. The summed E-state index contributed by atoms with van der Waals surface area (Å²) in [6.07, 6.45) is 1.69. The topological polar surface area (TPSA) is 37.3 Å². The number of halogens is 1. The Morgan fingerprint density at radius 3 is 2.32 bits per heavy atom. The first kappa shape index (κ1) is 14.5. The van der Waals surface area contributed by atoms with Crippen molar-refractivity contribution in [2.24, 2.45) is 0 Å². The molecule has 1 N–H and O–H groups in total. The predicted octanol–water partition coefficient (Wildman–Crippen LogP) is 5.23. The lowest BCUT2D eigenvalue weighted by molar-refractivity contribution is -0.130. The zero-order valence-electron chi connectivity index (χ0n) is 11.7. The Kier molecular flexibility index (Phi) is 4.07. The largest absolute Gasteiger partial charge is 0.478 e. The van der Waals surface area contributed by atoms with E-state index in [1.165, 1.54) is 0 Å². The van der Waals surface area contributed by atoms with E-state index in [0.717, 1.165) is 20.8 Å². The Hall–Kier alpha value is -2.39. The minimum atomic E-state index is -0.945. The van der Waals surface area contributed by atoms with Crippen molar-refractivity contribution < 1.29 is 9.90 Å². The molecule has 3 heteroatoms. The highest BCUT2D eigenvalue weighted by Gasteiger charge is 2.15. The van der Waals surface area contributed by atoms with E-state index in [1.54, 1.807) is 6.08 Å². The fraction of sp³-hybridized carbons (Fsp3) is 0. The number of carboxylic acids is 1. The lowest BCUT2D eigenvalue weighted by Gasteiger charge is -2.09. The Bertz CT molecular complexity index is 867. The molecule has 0 aliphatic carbocycles. The molecule has 0 heterocycles. The van der Waals surface area contributed by atoms with Gasteiger partial charge in [0.1, 0.15) is 0 Å². The summed E-state index contributed by atoms with van der Waals surface area (Å²) in [5.74, 6) is -0.945. The highest BCUT2D eigenvalue weighted by Crippen LogP contribution is 2.33. The van der Waals surface area contributed by atoms with E-state index >= 15 is 0 Å². The molecule has 0 aromatic heterocycles. The van der Waals surface area contributed by atoms with Crippen LogP contribution in [0, 0.1) is 0 Å². The zero-order valence-corrected chi connectivity index (χ0v) is 13.2. The van der Waals surface area contributed by atoms with Gasteiger partial charge < -0.3 is 5.11 Å². The molecule has 0 radical (unpaired) electrons. The summed E-state index contributed by atoms with van der Waals surface area (Å²) in [6.45, 7) is 0. The highest BCUT2D eigenvalue weighted by molar-refractivity contribution is 9.10. The average Bonchev–Trinajstić information content (AvgIpc) is 2.54. The van der Waals surface area contributed by atoms with Gasteiger partial charge >= 0.3 is 5.97 Å². The number of fused-ring (bicyclic) bond motifs is 1. The molecule has 2 nitrogen and oxygen atoms in total. The molecule has 22 heavy (non-hydrogen) atoms. The van der Waals surface area contributed by atoms with Gasteiger partial charge in [0.2, 0.25) is 0 Å². The van der Waals surface area contributed by atoms with Gasteiger partial charge in [0.15, 0.2) is 0 Å². The van der Waals surface area contributed by atoms with Crippen molar-refractivity contribution >= 4 is 44.3 Å². The van der Waals surface area contributed by atoms with E-state index in [9.17, 15) is 9.90 Å². The number of hydrogen-bond acceptors (Lipinski definition) is 1. The second kappa shape index (κ2) is 6.16. The molecule has 0 aliphatic heterocycles. The second-order valence-corrected chi connectivity index (χ2v) is 5.72. The fourth-order valence-electron chi connectivity index (χ4n) is 2.41. The molecule has 0 amide bonds. The van der Waals surface area contributed by atoms with Crippen LogP contribution in [0.1, 0.15) is 11.1 Å². The molecule has 0 atom stereocenters. The molecule has 3 aromatic rings.